The highest BCUT2D eigenvalue weighted by atomic mass is 19.2. The first-order valence-electron chi connectivity index (χ1n) is 8.03. The van der Waals surface area contributed by atoms with Gasteiger partial charge in [-0.1, -0.05) is 26.8 Å². The van der Waals surface area contributed by atoms with Gasteiger partial charge in [0.25, 0.3) is 5.56 Å². The van der Waals surface area contributed by atoms with Crippen LogP contribution in [-0.2, 0) is 24.9 Å². The van der Waals surface area contributed by atoms with Crippen LogP contribution in [0.15, 0.2) is 23.0 Å². The van der Waals surface area contributed by atoms with E-state index < -0.39 is 11.6 Å². The molecule has 0 saturated carbocycles. The molecule has 0 unspecified atom stereocenters. The van der Waals surface area contributed by atoms with Crippen LogP contribution in [0.1, 0.15) is 43.4 Å². The molecule has 0 radical (unpaired) electrons. The zero-order valence-electron chi connectivity index (χ0n) is 14.1. The zero-order valence-corrected chi connectivity index (χ0v) is 14.1. The molecule has 0 spiro atoms. The van der Waals surface area contributed by atoms with Crippen molar-refractivity contribution in [1.29, 1.82) is 0 Å². The molecule has 6 heteroatoms. The Hall–Kier alpha value is -2.08. The van der Waals surface area contributed by atoms with Crippen LogP contribution < -0.4 is 5.56 Å². The van der Waals surface area contributed by atoms with Crippen LogP contribution in [-0.4, -0.2) is 21.4 Å². The Morgan fingerprint density at radius 1 is 1.25 bits per heavy atom. The molecule has 4 nitrogen and oxygen atoms in total. The van der Waals surface area contributed by atoms with Gasteiger partial charge in [-0.15, -0.1) is 0 Å². The van der Waals surface area contributed by atoms with Crippen molar-refractivity contribution in [2.45, 2.75) is 45.7 Å². The standard InChI is InChI=1S/C18H21F2N3O/c1-18(2,3)17-21-15-10-23(7-6-12(15)16(24)22-17)9-11-4-5-13(19)14(20)8-11/h4-5,8H,6-7,9-10H2,1-3H3,(H,21,22,24). The third-order valence-corrected chi connectivity index (χ3v) is 4.25. The van der Waals surface area contributed by atoms with Crippen LogP contribution >= 0.6 is 0 Å². The monoisotopic (exact) mass is 333 g/mol. The Kier molecular flexibility index (Phi) is 4.25. The fourth-order valence-corrected chi connectivity index (χ4v) is 2.88. The summed E-state index contributed by atoms with van der Waals surface area (Å²) in [6.45, 7) is 7.71. The molecular weight excluding hydrogens is 312 g/mol. The number of benzene rings is 1. The lowest BCUT2D eigenvalue weighted by Crippen LogP contribution is -2.36. The molecule has 0 amide bonds. The number of fused-ring (bicyclic) bond motifs is 1. The van der Waals surface area contributed by atoms with E-state index in [1.54, 1.807) is 6.07 Å². The maximum atomic E-state index is 13.4. The summed E-state index contributed by atoms with van der Waals surface area (Å²) in [7, 11) is 0. The molecule has 2 heterocycles. The minimum atomic E-state index is -0.842. The quantitative estimate of drug-likeness (QED) is 0.919. The molecule has 1 N–H and O–H groups in total. The van der Waals surface area contributed by atoms with Crippen molar-refractivity contribution in [3.8, 4) is 0 Å². The summed E-state index contributed by atoms with van der Waals surface area (Å²) in [6, 6.07) is 3.94. The molecule has 3 rings (SSSR count). The molecule has 1 aromatic heterocycles. The molecule has 1 aliphatic heterocycles. The van der Waals surface area contributed by atoms with Gasteiger partial charge in [0.15, 0.2) is 11.6 Å². The van der Waals surface area contributed by atoms with Gasteiger partial charge >= 0.3 is 0 Å². The van der Waals surface area contributed by atoms with E-state index >= 15 is 0 Å². The highest BCUT2D eigenvalue weighted by Crippen LogP contribution is 2.21. The lowest BCUT2D eigenvalue weighted by atomic mass is 9.95. The van der Waals surface area contributed by atoms with Gasteiger partial charge in [0.1, 0.15) is 5.82 Å². The lowest BCUT2D eigenvalue weighted by Gasteiger charge is -2.29. The summed E-state index contributed by atoms with van der Waals surface area (Å²) >= 11 is 0. The highest BCUT2D eigenvalue weighted by Gasteiger charge is 2.24. The second kappa shape index (κ2) is 6.09. The topological polar surface area (TPSA) is 49.0 Å². The van der Waals surface area contributed by atoms with Gasteiger partial charge in [-0.3, -0.25) is 9.69 Å². The van der Waals surface area contributed by atoms with E-state index in [4.69, 9.17) is 0 Å². The van der Waals surface area contributed by atoms with Crippen molar-refractivity contribution in [3.63, 3.8) is 0 Å². The van der Waals surface area contributed by atoms with E-state index in [2.05, 4.69) is 14.9 Å². The predicted molar refractivity (Wildman–Crippen MR) is 87.7 cm³/mol. The third-order valence-electron chi connectivity index (χ3n) is 4.25. The molecule has 0 atom stereocenters. The number of aromatic nitrogens is 2. The number of hydrogen-bond donors (Lipinski definition) is 1. The van der Waals surface area contributed by atoms with Gasteiger partial charge in [0.2, 0.25) is 0 Å². The van der Waals surface area contributed by atoms with Crippen LogP contribution in [0.4, 0.5) is 8.78 Å². The number of hydrogen-bond acceptors (Lipinski definition) is 3. The van der Waals surface area contributed by atoms with Crippen LogP contribution in [0.5, 0.6) is 0 Å². The first-order valence-corrected chi connectivity index (χ1v) is 8.03. The molecule has 0 bridgehead atoms. The molecule has 1 aliphatic rings. The number of H-pyrrole nitrogens is 1. The minimum absolute atomic E-state index is 0.0719. The minimum Gasteiger partial charge on any atom is -0.310 e. The van der Waals surface area contributed by atoms with E-state index in [9.17, 15) is 13.6 Å². The number of nitrogens with zero attached hydrogens (tertiary/aromatic N) is 2. The third kappa shape index (κ3) is 3.38. The average Bonchev–Trinajstić information content (AvgIpc) is 2.50. The molecule has 2 aromatic rings. The number of halogens is 2. The summed E-state index contributed by atoms with van der Waals surface area (Å²) in [5.74, 6) is -1.01. The lowest BCUT2D eigenvalue weighted by molar-refractivity contribution is 0.239. The Balaban J connectivity index is 1.84. The fourth-order valence-electron chi connectivity index (χ4n) is 2.88. The van der Waals surface area contributed by atoms with Crippen molar-refractivity contribution in [3.05, 3.63) is 62.8 Å². The first kappa shape index (κ1) is 16.8. The van der Waals surface area contributed by atoms with Gasteiger partial charge in [-0.2, -0.15) is 0 Å². The number of nitrogens with one attached hydrogen (secondary N) is 1. The average molecular weight is 333 g/mol. The summed E-state index contributed by atoms with van der Waals surface area (Å²) in [6.07, 6.45) is 0.603. The molecule has 0 aliphatic carbocycles. The Morgan fingerprint density at radius 3 is 2.67 bits per heavy atom. The SMILES string of the molecule is CC(C)(C)c1nc2c(c(=O)[nH]1)CCN(Cc1ccc(F)c(F)c1)C2. The van der Waals surface area contributed by atoms with Crippen LogP contribution in [0.2, 0.25) is 0 Å². The number of rotatable bonds is 2. The highest BCUT2D eigenvalue weighted by molar-refractivity contribution is 5.24. The molecular formula is C18H21F2N3O. The van der Waals surface area contributed by atoms with Gasteiger partial charge in [-0.05, 0) is 24.1 Å². The van der Waals surface area contributed by atoms with Crippen molar-refractivity contribution in [1.82, 2.24) is 14.9 Å². The van der Waals surface area contributed by atoms with Gasteiger partial charge in [0, 0.05) is 30.6 Å². The Labute approximate surface area is 139 Å². The molecule has 0 fully saturated rings. The normalized spacial score (nSPS) is 15.4. The maximum absolute atomic E-state index is 13.4. The van der Waals surface area contributed by atoms with Crippen LogP contribution in [0, 0.1) is 11.6 Å². The first-order chi connectivity index (χ1) is 11.2. The van der Waals surface area contributed by atoms with E-state index in [0.717, 1.165) is 17.3 Å². The van der Waals surface area contributed by atoms with E-state index in [1.165, 1.54) is 6.07 Å². The molecule has 1 aromatic carbocycles. The van der Waals surface area contributed by atoms with Crippen molar-refractivity contribution in [2.24, 2.45) is 0 Å². The summed E-state index contributed by atoms with van der Waals surface area (Å²) in [4.78, 5) is 21.9. The van der Waals surface area contributed by atoms with Crippen LogP contribution in [0.3, 0.4) is 0 Å². The number of aromatic amines is 1. The summed E-state index contributed by atoms with van der Waals surface area (Å²) in [5.41, 5.74) is 1.90. The maximum Gasteiger partial charge on any atom is 0.254 e. The van der Waals surface area contributed by atoms with Gasteiger partial charge in [-0.25, -0.2) is 13.8 Å². The summed E-state index contributed by atoms with van der Waals surface area (Å²) in [5, 5.41) is 0. The second-order valence-corrected chi connectivity index (χ2v) is 7.30. The van der Waals surface area contributed by atoms with Gasteiger partial charge in [0.05, 0.1) is 5.69 Å². The predicted octanol–water partition coefficient (Wildman–Crippen LogP) is 2.90. The largest absolute Gasteiger partial charge is 0.310 e. The van der Waals surface area contributed by atoms with Crippen molar-refractivity contribution >= 4 is 0 Å². The molecule has 0 saturated heterocycles. The van der Waals surface area contributed by atoms with E-state index in [1.807, 2.05) is 20.8 Å². The van der Waals surface area contributed by atoms with Crippen LogP contribution in [0.25, 0.3) is 0 Å². The zero-order chi connectivity index (χ0) is 17.5. The Bertz CT molecular complexity index is 824. The summed E-state index contributed by atoms with van der Waals surface area (Å²) < 4.78 is 26.4. The fraction of sp³-hybridized carbons (Fsp3) is 0.444. The van der Waals surface area contributed by atoms with Crippen molar-refractivity contribution < 1.29 is 8.78 Å². The second-order valence-electron chi connectivity index (χ2n) is 7.30. The smallest absolute Gasteiger partial charge is 0.254 e. The van der Waals surface area contributed by atoms with E-state index in [-0.39, 0.29) is 11.0 Å². The molecule has 24 heavy (non-hydrogen) atoms. The Morgan fingerprint density at radius 2 is 2.00 bits per heavy atom. The van der Waals surface area contributed by atoms with E-state index in [0.29, 0.717) is 37.4 Å². The van der Waals surface area contributed by atoms with Gasteiger partial charge < -0.3 is 4.98 Å². The van der Waals surface area contributed by atoms with Crippen molar-refractivity contribution in [2.75, 3.05) is 6.54 Å². The molecule has 128 valence electrons.